The van der Waals surface area contributed by atoms with Gasteiger partial charge in [0, 0.05) is 23.9 Å². The van der Waals surface area contributed by atoms with Gasteiger partial charge in [-0.2, -0.15) is 0 Å². The van der Waals surface area contributed by atoms with Gasteiger partial charge in [0.2, 0.25) is 5.91 Å². The topological polar surface area (TPSA) is 142 Å². The van der Waals surface area contributed by atoms with Crippen LogP contribution >= 0.6 is 11.6 Å². The standard InChI is InChI=1S/C25H26ClN3O6/c1-3-4-5-20-28-22(23(29-20)27-14(2)30)21(25(33)34)15-7-10-18(11-8-15)35-13-16-6-9-17(26)12-19(16)24(31)32/h6-12,21H,3-5,13H2,1-2H3,(H,27,30)(H,28,29)(H,31,32)(H,33,34). The first-order valence-electron chi connectivity index (χ1n) is 11.0. The number of nitrogens with one attached hydrogen (secondary N) is 2. The monoisotopic (exact) mass is 499 g/mol. The van der Waals surface area contributed by atoms with Crippen LogP contribution in [0.2, 0.25) is 5.02 Å². The number of carbonyl (C=O) groups excluding carboxylic acids is 1. The minimum Gasteiger partial charge on any atom is -0.489 e. The highest BCUT2D eigenvalue weighted by atomic mass is 35.5. The van der Waals surface area contributed by atoms with Crippen molar-refractivity contribution in [3.8, 4) is 5.75 Å². The quantitative estimate of drug-likeness (QED) is 0.295. The average molecular weight is 500 g/mol. The van der Waals surface area contributed by atoms with Gasteiger partial charge in [-0.1, -0.05) is 43.1 Å². The second-order valence-electron chi connectivity index (χ2n) is 7.97. The van der Waals surface area contributed by atoms with E-state index in [4.69, 9.17) is 16.3 Å². The molecule has 1 unspecified atom stereocenters. The first-order valence-corrected chi connectivity index (χ1v) is 11.4. The van der Waals surface area contributed by atoms with Gasteiger partial charge >= 0.3 is 11.9 Å². The summed E-state index contributed by atoms with van der Waals surface area (Å²) in [5, 5.41) is 22.3. The highest BCUT2D eigenvalue weighted by Crippen LogP contribution is 2.31. The maximum Gasteiger partial charge on any atom is 0.336 e. The molecule has 3 rings (SSSR count). The van der Waals surface area contributed by atoms with Crippen LogP contribution in [-0.2, 0) is 22.6 Å². The smallest absolute Gasteiger partial charge is 0.336 e. The number of hydrogen-bond acceptors (Lipinski definition) is 5. The molecule has 9 nitrogen and oxygen atoms in total. The van der Waals surface area contributed by atoms with E-state index in [9.17, 15) is 24.6 Å². The van der Waals surface area contributed by atoms with Crippen LogP contribution in [0.4, 0.5) is 5.82 Å². The van der Waals surface area contributed by atoms with Gasteiger partial charge in [-0.15, -0.1) is 0 Å². The molecule has 0 fully saturated rings. The molecule has 1 aromatic heterocycles. The minimum absolute atomic E-state index is 0.00543. The third-order valence-electron chi connectivity index (χ3n) is 5.29. The molecule has 4 N–H and O–H groups in total. The number of ether oxygens (including phenoxy) is 1. The number of aliphatic carboxylic acids is 1. The second kappa shape index (κ2) is 11.5. The highest BCUT2D eigenvalue weighted by molar-refractivity contribution is 6.31. The largest absolute Gasteiger partial charge is 0.489 e. The molecule has 0 bridgehead atoms. The number of hydrogen-bond donors (Lipinski definition) is 4. The van der Waals surface area contributed by atoms with Gasteiger partial charge in [0.1, 0.15) is 24.1 Å². The fourth-order valence-corrected chi connectivity index (χ4v) is 3.77. The number of carboxylic acid groups (broad SMARTS) is 2. The molecule has 35 heavy (non-hydrogen) atoms. The maximum atomic E-state index is 12.2. The molecule has 1 heterocycles. The van der Waals surface area contributed by atoms with Crippen LogP contribution in [0.3, 0.4) is 0 Å². The number of carbonyl (C=O) groups is 3. The summed E-state index contributed by atoms with van der Waals surface area (Å²) in [4.78, 5) is 42.8. The van der Waals surface area contributed by atoms with Crippen molar-refractivity contribution in [3.63, 3.8) is 0 Å². The molecule has 0 aliphatic heterocycles. The van der Waals surface area contributed by atoms with Crippen molar-refractivity contribution in [1.82, 2.24) is 9.97 Å². The molecule has 0 spiro atoms. The molecule has 0 saturated carbocycles. The lowest BCUT2D eigenvalue weighted by atomic mass is 9.95. The number of H-pyrrole nitrogens is 1. The van der Waals surface area contributed by atoms with Gasteiger partial charge in [-0.3, -0.25) is 9.59 Å². The van der Waals surface area contributed by atoms with Crippen molar-refractivity contribution in [3.05, 3.63) is 75.7 Å². The van der Waals surface area contributed by atoms with Crippen LogP contribution < -0.4 is 10.1 Å². The van der Waals surface area contributed by atoms with Crippen LogP contribution in [0.5, 0.6) is 5.75 Å². The third-order valence-corrected chi connectivity index (χ3v) is 5.52. The molecule has 1 amide bonds. The predicted molar refractivity (Wildman–Crippen MR) is 130 cm³/mol. The number of rotatable bonds is 11. The van der Waals surface area contributed by atoms with Crippen molar-refractivity contribution in [2.24, 2.45) is 0 Å². The number of aryl methyl sites for hydroxylation is 1. The highest BCUT2D eigenvalue weighted by Gasteiger charge is 2.28. The van der Waals surface area contributed by atoms with Crippen molar-refractivity contribution in [1.29, 1.82) is 0 Å². The first-order chi connectivity index (χ1) is 16.7. The van der Waals surface area contributed by atoms with E-state index in [1.807, 2.05) is 6.92 Å². The van der Waals surface area contributed by atoms with Crippen LogP contribution in [0.1, 0.15) is 65.6 Å². The van der Waals surface area contributed by atoms with Crippen molar-refractivity contribution >= 4 is 35.3 Å². The Balaban J connectivity index is 1.84. The molecule has 3 aromatic rings. The van der Waals surface area contributed by atoms with E-state index in [1.165, 1.54) is 13.0 Å². The zero-order chi connectivity index (χ0) is 25.5. The van der Waals surface area contributed by atoms with Crippen LogP contribution in [0, 0.1) is 0 Å². The summed E-state index contributed by atoms with van der Waals surface area (Å²) in [5.74, 6) is -2.44. The van der Waals surface area contributed by atoms with Gasteiger partial charge in [0.25, 0.3) is 0 Å². The molecular formula is C25H26ClN3O6. The summed E-state index contributed by atoms with van der Waals surface area (Å²) in [6.45, 7) is 3.37. The summed E-state index contributed by atoms with van der Waals surface area (Å²) >= 11 is 5.88. The number of benzene rings is 2. The SMILES string of the molecule is CCCCc1nc(NC(C)=O)c(C(C(=O)O)c2ccc(OCc3ccc(Cl)cc3C(=O)O)cc2)[nH]1. The fourth-order valence-electron chi connectivity index (χ4n) is 3.60. The zero-order valence-corrected chi connectivity index (χ0v) is 20.1. The Morgan fingerprint density at radius 2 is 1.86 bits per heavy atom. The van der Waals surface area contributed by atoms with Gasteiger partial charge in [-0.05, 0) is 36.2 Å². The number of aromatic nitrogens is 2. The lowest BCUT2D eigenvalue weighted by Gasteiger charge is -2.14. The first kappa shape index (κ1) is 25.8. The van der Waals surface area contributed by atoms with Crippen molar-refractivity contribution in [2.45, 2.75) is 45.6 Å². The van der Waals surface area contributed by atoms with E-state index >= 15 is 0 Å². The van der Waals surface area contributed by atoms with Gasteiger partial charge in [-0.25, -0.2) is 9.78 Å². The Hall–Kier alpha value is -3.85. The molecule has 0 radical (unpaired) electrons. The average Bonchev–Trinajstić information content (AvgIpc) is 3.18. The summed E-state index contributed by atoms with van der Waals surface area (Å²) in [6.07, 6.45) is 2.44. The van der Waals surface area contributed by atoms with E-state index in [-0.39, 0.29) is 23.9 Å². The van der Waals surface area contributed by atoms with E-state index in [0.29, 0.717) is 39.8 Å². The maximum absolute atomic E-state index is 12.2. The summed E-state index contributed by atoms with van der Waals surface area (Å²) in [7, 11) is 0. The number of aromatic amines is 1. The number of carboxylic acids is 2. The molecule has 10 heteroatoms. The second-order valence-corrected chi connectivity index (χ2v) is 8.40. The van der Waals surface area contributed by atoms with Crippen molar-refractivity contribution in [2.75, 3.05) is 5.32 Å². The summed E-state index contributed by atoms with van der Waals surface area (Å²) in [6, 6.07) is 10.9. The zero-order valence-electron chi connectivity index (χ0n) is 19.3. The number of nitrogens with zero attached hydrogens (tertiary/aromatic N) is 1. The number of halogens is 1. The van der Waals surface area contributed by atoms with Crippen LogP contribution in [-0.4, -0.2) is 38.0 Å². The minimum atomic E-state index is -1.11. The number of aromatic carboxylic acids is 1. The van der Waals surface area contributed by atoms with Crippen molar-refractivity contribution < 1.29 is 29.3 Å². The van der Waals surface area contributed by atoms with Gasteiger partial charge in [0.05, 0.1) is 11.3 Å². The normalized spacial score (nSPS) is 11.6. The number of amides is 1. The molecule has 2 aromatic carbocycles. The molecular weight excluding hydrogens is 474 g/mol. The Labute approximate surface area is 207 Å². The fraction of sp³-hybridized carbons (Fsp3) is 0.280. The Morgan fingerprint density at radius 3 is 2.46 bits per heavy atom. The Kier molecular flexibility index (Phi) is 8.48. The number of imidazole rings is 1. The number of anilines is 1. The molecule has 0 saturated heterocycles. The van der Waals surface area contributed by atoms with Crippen LogP contribution in [0.15, 0.2) is 42.5 Å². The Morgan fingerprint density at radius 1 is 1.14 bits per heavy atom. The van der Waals surface area contributed by atoms with E-state index < -0.39 is 17.9 Å². The van der Waals surface area contributed by atoms with E-state index in [0.717, 1.165) is 12.8 Å². The van der Waals surface area contributed by atoms with E-state index in [1.54, 1.807) is 36.4 Å². The molecule has 0 aliphatic carbocycles. The lowest BCUT2D eigenvalue weighted by molar-refractivity contribution is -0.137. The van der Waals surface area contributed by atoms with Gasteiger partial charge in [0.15, 0.2) is 5.82 Å². The van der Waals surface area contributed by atoms with E-state index in [2.05, 4.69) is 15.3 Å². The molecule has 1 atom stereocenters. The predicted octanol–water partition coefficient (Wildman–Crippen LogP) is 4.86. The molecule has 0 aliphatic rings. The number of unbranched alkanes of at least 4 members (excludes halogenated alkanes) is 1. The summed E-state index contributed by atoms with van der Waals surface area (Å²) in [5.41, 5.74) is 1.25. The third kappa shape index (κ3) is 6.60. The molecule has 184 valence electrons. The van der Waals surface area contributed by atoms with Crippen LogP contribution in [0.25, 0.3) is 0 Å². The summed E-state index contributed by atoms with van der Waals surface area (Å²) < 4.78 is 5.72. The lowest BCUT2D eigenvalue weighted by Crippen LogP contribution is -2.17. The van der Waals surface area contributed by atoms with Gasteiger partial charge < -0.3 is 25.3 Å². The Bertz CT molecular complexity index is 1220.